The van der Waals surface area contributed by atoms with E-state index in [9.17, 15) is 4.39 Å². The summed E-state index contributed by atoms with van der Waals surface area (Å²) in [7, 11) is 0. The summed E-state index contributed by atoms with van der Waals surface area (Å²) in [4.78, 5) is 4.90. The molecule has 2 aromatic carbocycles. The van der Waals surface area contributed by atoms with Gasteiger partial charge in [-0.15, -0.1) is 0 Å². The average Bonchev–Trinajstić information content (AvgIpc) is 2.90. The largest absolute Gasteiger partial charge is 0.486 e. The molecule has 184 valence electrons. The van der Waals surface area contributed by atoms with Crippen LogP contribution < -0.4 is 20.1 Å². The maximum Gasteiger partial charge on any atom is 0.184 e. The Kier molecular flexibility index (Phi) is 7.55. The first-order chi connectivity index (χ1) is 16.7. The first-order valence-corrected chi connectivity index (χ1v) is 13.1. The molecule has 1 saturated carbocycles. The van der Waals surface area contributed by atoms with Gasteiger partial charge in [-0.05, 0) is 55.5 Å². The van der Waals surface area contributed by atoms with Gasteiger partial charge in [-0.1, -0.05) is 43.5 Å². The molecular formula is C28H38FN3O2. The standard InChI is InChI=1S/C28H38FN3O2/c29-24-10-5-4-9-22(24)23(27(30)21-7-2-1-3-8-21)13-14-31-15-17-32(18-16-31)25-11-6-12-26-28(25)34-20-19-33-26/h4-6,9-12,21,23,27H,1-3,7-8,13-20,30H2. The molecule has 0 amide bonds. The highest BCUT2D eigenvalue weighted by Crippen LogP contribution is 2.40. The minimum absolute atomic E-state index is 0.0199. The van der Waals surface area contributed by atoms with Crippen LogP contribution in [0.2, 0.25) is 0 Å². The summed E-state index contributed by atoms with van der Waals surface area (Å²) in [6.45, 7) is 6.00. The molecule has 2 aliphatic heterocycles. The molecule has 5 rings (SSSR count). The number of ether oxygens (including phenoxy) is 2. The van der Waals surface area contributed by atoms with E-state index in [0.717, 1.165) is 61.9 Å². The highest BCUT2D eigenvalue weighted by molar-refractivity contribution is 5.65. The number of benzene rings is 2. The second-order valence-corrected chi connectivity index (χ2v) is 10.0. The fourth-order valence-corrected chi connectivity index (χ4v) is 6.02. The molecule has 2 aromatic rings. The summed E-state index contributed by atoms with van der Waals surface area (Å²) in [6.07, 6.45) is 7.07. The lowest BCUT2D eigenvalue weighted by Crippen LogP contribution is -2.47. The highest BCUT2D eigenvalue weighted by Gasteiger charge is 2.31. The fourth-order valence-electron chi connectivity index (χ4n) is 6.02. The molecule has 2 heterocycles. The van der Waals surface area contributed by atoms with E-state index in [1.807, 2.05) is 24.3 Å². The van der Waals surface area contributed by atoms with Crippen molar-refractivity contribution < 1.29 is 13.9 Å². The lowest BCUT2D eigenvalue weighted by Gasteiger charge is -2.39. The number of hydrogen-bond acceptors (Lipinski definition) is 5. The smallest absolute Gasteiger partial charge is 0.184 e. The molecule has 0 bridgehead atoms. The van der Waals surface area contributed by atoms with Crippen LogP contribution in [-0.4, -0.2) is 56.9 Å². The molecule has 1 aliphatic carbocycles. The zero-order chi connectivity index (χ0) is 23.3. The van der Waals surface area contributed by atoms with Crippen LogP contribution in [0.25, 0.3) is 0 Å². The number of hydrogen-bond donors (Lipinski definition) is 1. The van der Waals surface area contributed by atoms with Crippen LogP contribution in [0.4, 0.5) is 10.1 Å². The third-order valence-corrected chi connectivity index (χ3v) is 7.98. The average molecular weight is 468 g/mol. The Morgan fingerprint density at radius 3 is 2.47 bits per heavy atom. The zero-order valence-corrected chi connectivity index (χ0v) is 20.1. The van der Waals surface area contributed by atoms with Crippen molar-refractivity contribution in [2.45, 2.75) is 50.5 Å². The zero-order valence-electron chi connectivity index (χ0n) is 20.1. The first-order valence-electron chi connectivity index (χ1n) is 13.1. The molecule has 0 aromatic heterocycles. The molecule has 0 radical (unpaired) electrons. The van der Waals surface area contributed by atoms with Gasteiger partial charge in [-0.3, -0.25) is 4.90 Å². The SMILES string of the molecule is NC(C1CCCCC1)C(CCN1CCN(c2cccc3c2OCCO3)CC1)c1ccccc1F. The van der Waals surface area contributed by atoms with E-state index in [2.05, 4.69) is 15.9 Å². The van der Waals surface area contributed by atoms with Gasteiger partial charge in [0.15, 0.2) is 11.5 Å². The number of anilines is 1. The molecule has 5 nitrogen and oxygen atoms in total. The van der Waals surface area contributed by atoms with Gasteiger partial charge in [0.2, 0.25) is 0 Å². The van der Waals surface area contributed by atoms with Crippen LogP contribution in [0, 0.1) is 11.7 Å². The molecule has 3 aliphatic rings. The number of para-hydroxylation sites is 1. The summed E-state index contributed by atoms with van der Waals surface area (Å²) in [5.74, 6) is 2.17. The molecule has 34 heavy (non-hydrogen) atoms. The quantitative estimate of drug-likeness (QED) is 0.634. The van der Waals surface area contributed by atoms with Crippen LogP contribution in [0.3, 0.4) is 0 Å². The van der Waals surface area contributed by atoms with E-state index in [4.69, 9.17) is 15.2 Å². The molecular weight excluding hydrogens is 429 g/mol. The van der Waals surface area contributed by atoms with E-state index in [0.29, 0.717) is 19.1 Å². The van der Waals surface area contributed by atoms with Gasteiger partial charge in [0.1, 0.15) is 19.0 Å². The molecule has 2 fully saturated rings. The normalized spacial score (nSPS) is 21.3. The molecule has 0 spiro atoms. The van der Waals surface area contributed by atoms with E-state index in [-0.39, 0.29) is 17.8 Å². The monoisotopic (exact) mass is 467 g/mol. The number of rotatable bonds is 7. The van der Waals surface area contributed by atoms with Crippen LogP contribution in [0.1, 0.15) is 50.0 Å². The van der Waals surface area contributed by atoms with Crippen molar-refractivity contribution in [3.05, 3.63) is 53.8 Å². The summed E-state index contributed by atoms with van der Waals surface area (Å²) in [5, 5.41) is 0. The highest BCUT2D eigenvalue weighted by atomic mass is 19.1. The van der Waals surface area contributed by atoms with E-state index < -0.39 is 0 Å². The van der Waals surface area contributed by atoms with Gasteiger partial charge in [0, 0.05) is 38.1 Å². The number of fused-ring (bicyclic) bond motifs is 1. The molecule has 2 N–H and O–H groups in total. The summed E-state index contributed by atoms with van der Waals surface area (Å²) in [6, 6.07) is 13.4. The van der Waals surface area contributed by atoms with Crippen LogP contribution >= 0.6 is 0 Å². The van der Waals surface area contributed by atoms with Gasteiger partial charge in [-0.2, -0.15) is 0 Å². The van der Waals surface area contributed by atoms with Crippen molar-refractivity contribution in [1.29, 1.82) is 0 Å². The molecule has 2 unspecified atom stereocenters. The Hall–Kier alpha value is -2.31. The minimum atomic E-state index is -0.111. The van der Waals surface area contributed by atoms with Crippen LogP contribution in [0.5, 0.6) is 11.5 Å². The second-order valence-electron chi connectivity index (χ2n) is 10.0. The third kappa shape index (κ3) is 5.18. The van der Waals surface area contributed by atoms with E-state index >= 15 is 0 Å². The van der Waals surface area contributed by atoms with Crippen LogP contribution in [0.15, 0.2) is 42.5 Å². The Labute approximate surface area is 203 Å². The Morgan fingerprint density at radius 2 is 1.68 bits per heavy atom. The Balaban J connectivity index is 1.22. The minimum Gasteiger partial charge on any atom is -0.486 e. The van der Waals surface area contributed by atoms with E-state index in [1.165, 1.54) is 32.1 Å². The van der Waals surface area contributed by atoms with Crippen molar-refractivity contribution in [2.24, 2.45) is 11.7 Å². The van der Waals surface area contributed by atoms with Crippen molar-refractivity contribution in [2.75, 3.05) is 50.8 Å². The maximum absolute atomic E-state index is 14.8. The van der Waals surface area contributed by atoms with Crippen molar-refractivity contribution in [3.8, 4) is 11.5 Å². The van der Waals surface area contributed by atoms with Crippen LogP contribution in [-0.2, 0) is 0 Å². The van der Waals surface area contributed by atoms with Gasteiger partial charge in [0.05, 0.1) is 5.69 Å². The van der Waals surface area contributed by atoms with Crippen molar-refractivity contribution in [1.82, 2.24) is 4.90 Å². The maximum atomic E-state index is 14.8. The lowest BCUT2D eigenvalue weighted by atomic mass is 9.75. The molecule has 1 saturated heterocycles. The van der Waals surface area contributed by atoms with E-state index in [1.54, 1.807) is 12.1 Å². The molecule has 6 heteroatoms. The topological polar surface area (TPSA) is 51.0 Å². The van der Waals surface area contributed by atoms with Gasteiger partial charge in [0.25, 0.3) is 0 Å². The third-order valence-electron chi connectivity index (χ3n) is 7.98. The summed E-state index contributed by atoms with van der Waals surface area (Å²) in [5.41, 5.74) is 8.78. The number of piperazine rings is 1. The van der Waals surface area contributed by atoms with Crippen molar-refractivity contribution >= 4 is 5.69 Å². The first kappa shape index (κ1) is 23.4. The predicted molar refractivity (Wildman–Crippen MR) is 134 cm³/mol. The van der Waals surface area contributed by atoms with Crippen molar-refractivity contribution in [3.63, 3.8) is 0 Å². The Bertz CT molecular complexity index is 941. The summed E-state index contributed by atoms with van der Waals surface area (Å²) >= 11 is 0. The lowest BCUT2D eigenvalue weighted by molar-refractivity contribution is 0.171. The van der Waals surface area contributed by atoms with Gasteiger partial charge in [-0.25, -0.2) is 4.39 Å². The summed E-state index contributed by atoms with van der Waals surface area (Å²) < 4.78 is 26.5. The number of nitrogens with zero attached hydrogens (tertiary/aromatic N) is 2. The van der Waals surface area contributed by atoms with Gasteiger partial charge >= 0.3 is 0 Å². The Morgan fingerprint density at radius 1 is 0.912 bits per heavy atom. The second kappa shape index (κ2) is 11.0. The number of nitrogens with two attached hydrogens (primary N) is 1. The predicted octanol–water partition coefficient (Wildman–Crippen LogP) is 4.80. The van der Waals surface area contributed by atoms with Gasteiger partial charge < -0.3 is 20.1 Å². The molecule has 2 atom stereocenters. The number of halogens is 1. The fraction of sp³-hybridized carbons (Fsp3) is 0.571.